The van der Waals surface area contributed by atoms with Crippen LogP contribution in [0.3, 0.4) is 0 Å². The van der Waals surface area contributed by atoms with Crippen molar-refractivity contribution < 1.29 is 13.2 Å². The van der Waals surface area contributed by atoms with Crippen molar-refractivity contribution in [3.8, 4) is 0 Å². The summed E-state index contributed by atoms with van der Waals surface area (Å²) in [7, 11) is 0. The van der Waals surface area contributed by atoms with Crippen molar-refractivity contribution in [2.24, 2.45) is 0 Å². The number of pyridine rings is 1. The molecule has 15 heavy (non-hydrogen) atoms. The Kier molecular flexibility index (Phi) is 2.14. The largest absolute Gasteiger partial charge is 0.417 e. The molecule has 1 nitrogen and oxygen atoms in total. The molecule has 0 aliphatic heterocycles. The fourth-order valence-electron chi connectivity index (χ4n) is 1.56. The van der Waals surface area contributed by atoms with Crippen LogP contribution in [0.5, 0.6) is 0 Å². The Balaban J connectivity index is 2.83. The van der Waals surface area contributed by atoms with E-state index in [-0.39, 0.29) is 5.39 Å². The standard InChI is InChI=1S/C11H8F3N/c1-7-5-9(11(12,13)14)8-3-2-4-15-10(8)6-7/h2-6H,1H3. The molecule has 1 aromatic heterocycles. The molecule has 0 spiro atoms. The van der Waals surface area contributed by atoms with E-state index in [1.165, 1.54) is 18.3 Å². The average molecular weight is 211 g/mol. The number of hydrogen-bond acceptors (Lipinski definition) is 1. The molecule has 78 valence electrons. The molecular formula is C11H8F3N. The molecule has 2 rings (SSSR count). The van der Waals surface area contributed by atoms with Gasteiger partial charge in [0.1, 0.15) is 0 Å². The summed E-state index contributed by atoms with van der Waals surface area (Å²) >= 11 is 0. The predicted octanol–water partition coefficient (Wildman–Crippen LogP) is 3.56. The molecule has 1 heterocycles. The van der Waals surface area contributed by atoms with E-state index in [9.17, 15) is 13.2 Å². The van der Waals surface area contributed by atoms with Gasteiger partial charge in [0.25, 0.3) is 0 Å². The van der Waals surface area contributed by atoms with Crippen molar-refractivity contribution in [2.45, 2.75) is 13.1 Å². The third-order valence-corrected chi connectivity index (χ3v) is 2.17. The predicted molar refractivity (Wildman–Crippen MR) is 51.5 cm³/mol. The van der Waals surface area contributed by atoms with Crippen LogP contribution < -0.4 is 0 Å². The highest BCUT2D eigenvalue weighted by Gasteiger charge is 2.32. The zero-order valence-corrected chi connectivity index (χ0v) is 7.97. The van der Waals surface area contributed by atoms with Crippen molar-refractivity contribution >= 4 is 10.9 Å². The van der Waals surface area contributed by atoms with Crippen LogP contribution >= 0.6 is 0 Å². The first-order chi connectivity index (χ1) is 6.98. The van der Waals surface area contributed by atoms with Gasteiger partial charge in [-0.25, -0.2) is 0 Å². The molecule has 0 N–H and O–H groups in total. The van der Waals surface area contributed by atoms with Crippen molar-refractivity contribution in [1.29, 1.82) is 0 Å². The van der Waals surface area contributed by atoms with E-state index in [2.05, 4.69) is 4.98 Å². The topological polar surface area (TPSA) is 12.9 Å². The molecule has 4 heteroatoms. The second kappa shape index (κ2) is 3.22. The van der Waals surface area contributed by atoms with Gasteiger partial charge in [-0.1, -0.05) is 6.07 Å². The van der Waals surface area contributed by atoms with Crippen molar-refractivity contribution in [1.82, 2.24) is 4.98 Å². The van der Waals surface area contributed by atoms with E-state index in [1.807, 2.05) is 0 Å². The van der Waals surface area contributed by atoms with E-state index in [0.717, 1.165) is 6.07 Å². The van der Waals surface area contributed by atoms with E-state index in [4.69, 9.17) is 0 Å². The van der Waals surface area contributed by atoms with Crippen molar-refractivity contribution in [3.05, 3.63) is 41.6 Å². The third-order valence-electron chi connectivity index (χ3n) is 2.17. The highest BCUT2D eigenvalue weighted by Crippen LogP contribution is 2.34. The van der Waals surface area contributed by atoms with Crippen molar-refractivity contribution in [2.75, 3.05) is 0 Å². The Bertz CT molecular complexity index is 503. The first-order valence-corrected chi connectivity index (χ1v) is 4.41. The SMILES string of the molecule is Cc1cc(C(F)(F)F)c2cccnc2c1. The van der Waals surface area contributed by atoms with Gasteiger partial charge in [-0.05, 0) is 30.7 Å². The van der Waals surface area contributed by atoms with E-state index < -0.39 is 11.7 Å². The molecule has 0 amide bonds. The second-order valence-electron chi connectivity index (χ2n) is 3.38. The van der Waals surface area contributed by atoms with E-state index in [0.29, 0.717) is 11.1 Å². The van der Waals surface area contributed by atoms with Crippen molar-refractivity contribution in [3.63, 3.8) is 0 Å². The fraction of sp³-hybridized carbons (Fsp3) is 0.182. The van der Waals surface area contributed by atoms with Crippen LogP contribution in [-0.2, 0) is 6.18 Å². The van der Waals surface area contributed by atoms with Crippen LogP contribution in [0.15, 0.2) is 30.5 Å². The van der Waals surface area contributed by atoms with Gasteiger partial charge in [0.2, 0.25) is 0 Å². The maximum absolute atomic E-state index is 12.7. The molecule has 0 aliphatic rings. The van der Waals surface area contributed by atoms with Crippen LogP contribution in [0.2, 0.25) is 0 Å². The smallest absolute Gasteiger partial charge is 0.256 e. The number of hydrogen-bond donors (Lipinski definition) is 0. The van der Waals surface area contributed by atoms with Gasteiger partial charge >= 0.3 is 6.18 Å². The Morgan fingerprint density at radius 3 is 2.60 bits per heavy atom. The van der Waals surface area contributed by atoms with Gasteiger partial charge < -0.3 is 0 Å². The van der Waals surface area contributed by atoms with Gasteiger partial charge in [-0.3, -0.25) is 4.98 Å². The van der Waals surface area contributed by atoms with Crippen LogP contribution in [0.25, 0.3) is 10.9 Å². The van der Waals surface area contributed by atoms with Crippen LogP contribution in [0, 0.1) is 6.92 Å². The third kappa shape index (κ3) is 1.79. The monoisotopic (exact) mass is 211 g/mol. The highest BCUT2D eigenvalue weighted by molar-refractivity contribution is 5.83. The number of rotatable bonds is 0. The van der Waals surface area contributed by atoms with Crippen LogP contribution in [0.4, 0.5) is 13.2 Å². The van der Waals surface area contributed by atoms with Gasteiger partial charge in [-0.15, -0.1) is 0 Å². The normalized spacial score (nSPS) is 12.0. The quantitative estimate of drug-likeness (QED) is 0.649. The molecule has 0 unspecified atom stereocenters. The summed E-state index contributed by atoms with van der Waals surface area (Å²) in [6.45, 7) is 1.63. The van der Waals surface area contributed by atoms with Gasteiger partial charge in [-0.2, -0.15) is 13.2 Å². The lowest BCUT2D eigenvalue weighted by Crippen LogP contribution is -2.06. The molecule has 0 bridgehead atoms. The molecule has 0 saturated carbocycles. The minimum Gasteiger partial charge on any atom is -0.256 e. The second-order valence-corrected chi connectivity index (χ2v) is 3.38. The molecule has 0 aliphatic carbocycles. The average Bonchev–Trinajstić information content (AvgIpc) is 2.15. The first kappa shape index (κ1) is 9.96. The maximum Gasteiger partial charge on any atom is 0.417 e. The zero-order chi connectivity index (χ0) is 11.1. The zero-order valence-electron chi connectivity index (χ0n) is 7.97. The summed E-state index contributed by atoms with van der Waals surface area (Å²) in [4.78, 5) is 3.92. The minimum absolute atomic E-state index is 0.149. The van der Waals surface area contributed by atoms with Crippen LogP contribution in [0.1, 0.15) is 11.1 Å². The van der Waals surface area contributed by atoms with Gasteiger partial charge in [0.05, 0.1) is 11.1 Å². The van der Waals surface area contributed by atoms with Gasteiger partial charge in [0.15, 0.2) is 0 Å². The fourth-order valence-corrected chi connectivity index (χ4v) is 1.56. The van der Waals surface area contributed by atoms with Gasteiger partial charge in [0, 0.05) is 11.6 Å². The van der Waals surface area contributed by atoms with E-state index in [1.54, 1.807) is 13.0 Å². The number of aryl methyl sites for hydroxylation is 1. The lowest BCUT2D eigenvalue weighted by molar-refractivity contribution is -0.136. The highest BCUT2D eigenvalue weighted by atomic mass is 19.4. The first-order valence-electron chi connectivity index (χ1n) is 4.41. The Hall–Kier alpha value is -1.58. The molecular weight excluding hydrogens is 203 g/mol. The Morgan fingerprint density at radius 2 is 1.93 bits per heavy atom. The molecule has 0 atom stereocenters. The van der Waals surface area contributed by atoms with Crippen LogP contribution in [-0.4, -0.2) is 4.98 Å². The number of nitrogens with zero attached hydrogens (tertiary/aromatic N) is 1. The molecule has 2 aromatic rings. The Labute approximate surface area is 84.6 Å². The molecule has 0 saturated heterocycles. The summed E-state index contributed by atoms with van der Waals surface area (Å²) < 4.78 is 38.0. The molecule has 1 aromatic carbocycles. The molecule has 0 fully saturated rings. The van der Waals surface area contributed by atoms with E-state index >= 15 is 0 Å². The summed E-state index contributed by atoms with van der Waals surface area (Å²) in [6, 6.07) is 5.73. The summed E-state index contributed by atoms with van der Waals surface area (Å²) in [5, 5.41) is 0.149. The lowest BCUT2D eigenvalue weighted by atomic mass is 10.0. The number of benzene rings is 1. The Morgan fingerprint density at radius 1 is 1.20 bits per heavy atom. The summed E-state index contributed by atoms with van der Waals surface area (Å²) in [5.41, 5.74) is 0.323. The number of aromatic nitrogens is 1. The number of fused-ring (bicyclic) bond motifs is 1. The number of halogens is 3. The summed E-state index contributed by atoms with van der Waals surface area (Å²) in [6.07, 6.45) is -2.84. The lowest BCUT2D eigenvalue weighted by Gasteiger charge is -2.10. The number of alkyl halides is 3. The summed E-state index contributed by atoms with van der Waals surface area (Å²) in [5.74, 6) is 0. The maximum atomic E-state index is 12.7. The molecule has 0 radical (unpaired) electrons. The minimum atomic E-state index is -4.33.